The molecule has 0 amide bonds. The average Bonchev–Trinajstić information content (AvgIpc) is 2.49. The molecular formula is C19H16BrNO3. The van der Waals surface area contributed by atoms with Crippen LogP contribution in [0.4, 0.5) is 5.69 Å². The van der Waals surface area contributed by atoms with Crippen LogP contribution >= 0.6 is 15.9 Å². The quantitative estimate of drug-likeness (QED) is 0.421. The number of aromatic hydroxyl groups is 1. The predicted octanol–water partition coefficient (Wildman–Crippen LogP) is 5.02. The van der Waals surface area contributed by atoms with Crippen LogP contribution in [0.3, 0.4) is 0 Å². The zero-order valence-electron chi connectivity index (χ0n) is 13.5. The fourth-order valence-corrected chi connectivity index (χ4v) is 3.91. The highest BCUT2D eigenvalue weighted by molar-refractivity contribution is 9.10. The monoisotopic (exact) mass is 385 g/mol. The molecule has 0 atom stereocenters. The van der Waals surface area contributed by atoms with Crippen LogP contribution in [-0.2, 0) is 0 Å². The second-order valence-electron chi connectivity index (χ2n) is 6.74. The molecule has 1 aliphatic rings. The van der Waals surface area contributed by atoms with Crippen molar-refractivity contribution < 1.29 is 9.52 Å². The third-order valence-electron chi connectivity index (χ3n) is 4.40. The number of hydrogen-bond acceptors (Lipinski definition) is 4. The Kier molecular flexibility index (Phi) is 3.09. The molecule has 4 rings (SSSR count). The molecule has 0 radical (unpaired) electrons. The zero-order chi connectivity index (χ0) is 17.2. The summed E-state index contributed by atoms with van der Waals surface area (Å²) in [4.78, 5) is 12.7. The van der Waals surface area contributed by atoms with E-state index < -0.39 is 5.63 Å². The van der Waals surface area contributed by atoms with Crippen molar-refractivity contribution in [1.82, 2.24) is 0 Å². The van der Waals surface area contributed by atoms with Crippen LogP contribution in [0.25, 0.3) is 27.3 Å². The Bertz CT molecular complexity index is 1110. The summed E-state index contributed by atoms with van der Waals surface area (Å²) < 4.78 is 6.05. The molecule has 24 heavy (non-hydrogen) atoms. The first-order chi connectivity index (χ1) is 11.3. The van der Waals surface area contributed by atoms with E-state index in [9.17, 15) is 9.90 Å². The van der Waals surface area contributed by atoms with Crippen LogP contribution in [-0.4, -0.2) is 10.6 Å². The molecule has 0 bridgehead atoms. The normalized spacial score (nSPS) is 15.9. The van der Waals surface area contributed by atoms with Crippen molar-refractivity contribution in [3.63, 3.8) is 0 Å². The number of phenols is 1. The maximum Gasteiger partial charge on any atom is 0.344 e. The van der Waals surface area contributed by atoms with E-state index in [2.05, 4.69) is 41.2 Å². The molecule has 4 nitrogen and oxygen atoms in total. The summed E-state index contributed by atoms with van der Waals surface area (Å²) in [6.45, 7) is 6.15. The molecule has 2 N–H and O–H groups in total. The summed E-state index contributed by atoms with van der Waals surface area (Å²) in [6, 6.07) is 7.17. The molecule has 5 heteroatoms. The second-order valence-corrected chi connectivity index (χ2v) is 7.60. The smallest absolute Gasteiger partial charge is 0.344 e. The molecule has 2 heterocycles. The van der Waals surface area contributed by atoms with Crippen LogP contribution in [0.5, 0.6) is 5.75 Å². The van der Waals surface area contributed by atoms with E-state index in [1.54, 1.807) is 12.1 Å². The molecule has 1 aromatic heterocycles. The SMILES string of the molecule is CC1=CC(C)(C)Nc2ccc3c(c21)c(=O)oc1ccc(Br)c(O)c13. The molecule has 0 unspecified atom stereocenters. The van der Waals surface area contributed by atoms with E-state index in [1.807, 2.05) is 19.1 Å². The van der Waals surface area contributed by atoms with Crippen LogP contribution < -0.4 is 10.9 Å². The first-order valence-corrected chi connectivity index (χ1v) is 8.47. The van der Waals surface area contributed by atoms with E-state index in [0.29, 0.717) is 26.2 Å². The minimum Gasteiger partial charge on any atom is -0.506 e. The van der Waals surface area contributed by atoms with Crippen molar-refractivity contribution >= 4 is 48.9 Å². The second kappa shape index (κ2) is 4.86. The summed E-state index contributed by atoms with van der Waals surface area (Å²) >= 11 is 3.33. The number of benzene rings is 2. The Morgan fingerprint density at radius 3 is 2.67 bits per heavy atom. The van der Waals surface area contributed by atoms with E-state index in [4.69, 9.17) is 4.42 Å². The Labute approximate surface area is 146 Å². The molecule has 122 valence electrons. The van der Waals surface area contributed by atoms with Gasteiger partial charge in [0.15, 0.2) is 0 Å². The van der Waals surface area contributed by atoms with Gasteiger partial charge in [0.1, 0.15) is 11.3 Å². The summed E-state index contributed by atoms with van der Waals surface area (Å²) in [5.74, 6) is 0.0759. The van der Waals surface area contributed by atoms with Gasteiger partial charge in [0.25, 0.3) is 0 Å². The summed E-state index contributed by atoms with van der Waals surface area (Å²) in [7, 11) is 0. The summed E-state index contributed by atoms with van der Waals surface area (Å²) in [6.07, 6.45) is 2.10. The molecule has 1 aliphatic heterocycles. The van der Waals surface area contributed by atoms with Gasteiger partial charge in [0.2, 0.25) is 0 Å². The highest BCUT2D eigenvalue weighted by Gasteiger charge is 2.26. The molecule has 3 aromatic rings. The standard InChI is InChI=1S/C19H16BrNO3/c1-9-8-19(2,3)21-12-6-4-10-15-13(7-5-11(20)17(15)22)24-18(23)16(10)14(9)12/h4-8,21-22H,1-3H3. The minimum atomic E-state index is -0.398. The molecule has 0 saturated carbocycles. The zero-order valence-corrected chi connectivity index (χ0v) is 15.1. The van der Waals surface area contributed by atoms with E-state index in [1.165, 1.54) is 0 Å². The van der Waals surface area contributed by atoms with Crippen molar-refractivity contribution in [2.24, 2.45) is 0 Å². The molecule has 0 saturated heterocycles. The van der Waals surface area contributed by atoms with Crippen LogP contribution in [0.1, 0.15) is 26.3 Å². The lowest BCUT2D eigenvalue weighted by molar-refractivity contribution is 0.476. The number of nitrogens with one attached hydrogen (secondary N) is 1. The van der Waals surface area contributed by atoms with E-state index in [0.717, 1.165) is 16.8 Å². The Balaban J connectivity index is 2.23. The van der Waals surface area contributed by atoms with Gasteiger partial charge in [-0.1, -0.05) is 12.1 Å². The average molecular weight is 386 g/mol. The molecular weight excluding hydrogens is 370 g/mol. The number of phenolic OH excluding ortho intramolecular Hbond substituents is 1. The number of rotatable bonds is 0. The van der Waals surface area contributed by atoms with Crippen molar-refractivity contribution in [3.05, 3.63) is 50.8 Å². The van der Waals surface area contributed by atoms with Crippen molar-refractivity contribution in [1.29, 1.82) is 0 Å². The van der Waals surface area contributed by atoms with Crippen molar-refractivity contribution in [2.75, 3.05) is 5.32 Å². The summed E-state index contributed by atoms with van der Waals surface area (Å²) in [5, 5.41) is 15.6. The molecule has 0 spiro atoms. The van der Waals surface area contributed by atoms with Gasteiger partial charge < -0.3 is 14.8 Å². The van der Waals surface area contributed by atoms with Gasteiger partial charge in [-0.3, -0.25) is 0 Å². The first kappa shape index (κ1) is 15.3. The number of anilines is 1. The number of allylic oxidation sites excluding steroid dienone is 1. The van der Waals surface area contributed by atoms with Crippen LogP contribution in [0.15, 0.2) is 44.0 Å². The van der Waals surface area contributed by atoms with Gasteiger partial charge in [0.05, 0.1) is 20.8 Å². The third kappa shape index (κ3) is 2.08. The first-order valence-electron chi connectivity index (χ1n) is 7.67. The van der Waals surface area contributed by atoms with Crippen molar-refractivity contribution in [3.8, 4) is 5.75 Å². The van der Waals surface area contributed by atoms with Gasteiger partial charge in [-0.25, -0.2) is 4.79 Å². The van der Waals surface area contributed by atoms with E-state index in [-0.39, 0.29) is 11.3 Å². The lowest BCUT2D eigenvalue weighted by Crippen LogP contribution is -2.31. The maximum atomic E-state index is 12.7. The lowest BCUT2D eigenvalue weighted by atomic mass is 9.88. The van der Waals surface area contributed by atoms with Gasteiger partial charge in [-0.15, -0.1) is 0 Å². The van der Waals surface area contributed by atoms with Gasteiger partial charge >= 0.3 is 5.63 Å². The largest absolute Gasteiger partial charge is 0.506 e. The number of hydrogen-bond donors (Lipinski definition) is 2. The fraction of sp³-hybridized carbons (Fsp3) is 0.211. The Morgan fingerprint density at radius 2 is 1.92 bits per heavy atom. The molecule has 0 aliphatic carbocycles. The van der Waals surface area contributed by atoms with E-state index >= 15 is 0 Å². The topological polar surface area (TPSA) is 62.5 Å². The highest BCUT2D eigenvalue weighted by Crippen LogP contribution is 2.42. The molecule has 2 aromatic carbocycles. The van der Waals surface area contributed by atoms with Gasteiger partial charge in [0, 0.05) is 16.6 Å². The highest BCUT2D eigenvalue weighted by atomic mass is 79.9. The van der Waals surface area contributed by atoms with Crippen LogP contribution in [0, 0.1) is 0 Å². The Morgan fingerprint density at radius 1 is 1.17 bits per heavy atom. The van der Waals surface area contributed by atoms with Crippen LogP contribution in [0.2, 0.25) is 0 Å². The summed E-state index contributed by atoms with van der Waals surface area (Å²) in [5.41, 5.74) is 2.53. The Hall–Kier alpha value is -2.27. The number of fused-ring (bicyclic) bond motifs is 5. The lowest BCUT2D eigenvalue weighted by Gasteiger charge is -2.32. The van der Waals surface area contributed by atoms with Gasteiger partial charge in [-0.2, -0.15) is 0 Å². The maximum absolute atomic E-state index is 12.7. The minimum absolute atomic E-state index is 0.0759. The third-order valence-corrected chi connectivity index (χ3v) is 5.04. The predicted molar refractivity (Wildman–Crippen MR) is 101 cm³/mol. The number of halogens is 1. The van der Waals surface area contributed by atoms with Crippen molar-refractivity contribution in [2.45, 2.75) is 26.3 Å². The van der Waals surface area contributed by atoms with Gasteiger partial charge in [-0.05, 0) is 60.5 Å². The fourth-order valence-electron chi connectivity index (χ4n) is 3.58. The molecule has 0 fully saturated rings.